The Morgan fingerprint density at radius 2 is 1.33 bits per heavy atom. The van der Waals surface area contributed by atoms with Crippen molar-refractivity contribution in [1.29, 1.82) is 0 Å². The van der Waals surface area contributed by atoms with Crippen LogP contribution in [0.3, 0.4) is 0 Å². The molecule has 0 N–H and O–H groups in total. The molecule has 0 saturated carbocycles. The van der Waals surface area contributed by atoms with Crippen LogP contribution in [0, 0.1) is 0 Å². The lowest BCUT2D eigenvalue weighted by Gasteiger charge is -2.29. The minimum atomic E-state index is -1.78. The summed E-state index contributed by atoms with van der Waals surface area (Å²) in [6.07, 6.45) is 3.84. The monoisotopic (exact) mass is 289 g/mol. The second-order valence-electron chi connectivity index (χ2n) is 5.60. The molecule has 0 amide bonds. The number of benzene rings is 2. The van der Waals surface area contributed by atoms with E-state index in [2.05, 4.69) is 78.3 Å². The van der Waals surface area contributed by atoms with Crippen molar-refractivity contribution in [3.05, 3.63) is 90.8 Å². The number of aromatic nitrogens is 1. The fraction of sp³-hybridized carbons (Fsp3) is 0.105. The maximum absolute atomic E-state index is 4.28. The Balaban J connectivity index is 2.07. The summed E-state index contributed by atoms with van der Waals surface area (Å²) in [5, 5.41) is 2.94. The van der Waals surface area contributed by atoms with Gasteiger partial charge in [-0.3, -0.25) is 4.98 Å². The average molecular weight is 289 g/mol. The second kappa shape index (κ2) is 6.06. The highest BCUT2D eigenvalue weighted by Crippen LogP contribution is 2.12. The molecular weight excluding hydrogens is 270 g/mol. The van der Waals surface area contributed by atoms with Gasteiger partial charge >= 0.3 is 0 Å². The Hall–Kier alpha value is -2.19. The normalized spacial score (nSPS) is 11.3. The minimum Gasteiger partial charge on any atom is -0.264 e. The molecule has 3 aromatic rings. The van der Waals surface area contributed by atoms with E-state index < -0.39 is 8.07 Å². The summed E-state index contributed by atoms with van der Waals surface area (Å²) in [4.78, 5) is 4.28. The molecule has 0 bridgehead atoms. The topological polar surface area (TPSA) is 12.9 Å². The van der Waals surface area contributed by atoms with E-state index in [0.29, 0.717) is 0 Å². The predicted molar refractivity (Wildman–Crippen MR) is 91.7 cm³/mol. The van der Waals surface area contributed by atoms with Crippen molar-refractivity contribution in [1.82, 2.24) is 4.98 Å². The minimum absolute atomic E-state index is 1.08. The highest BCUT2D eigenvalue weighted by molar-refractivity contribution is 7.00. The molecule has 0 radical (unpaired) electrons. The molecule has 1 aromatic heterocycles. The van der Waals surface area contributed by atoms with Crippen molar-refractivity contribution < 1.29 is 0 Å². The van der Waals surface area contributed by atoms with Gasteiger partial charge in [0.15, 0.2) is 0 Å². The molecule has 0 spiro atoms. The fourth-order valence-electron chi connectivity index (χ4n) is 2.89. The highest BCUT2D eigenvalue weighted by atomic mass is 28.3. The van der Waals surface area contributed by atoms with Gasteiger partial charge in [0, 0.05) is 12.4 Å². The summed E-state index contributed by atoms with van der Waals surface area (Å²) < 4.78 is 0. The Kier molecular flexibility index (Phi) is 3.98. The molecule has 0 aliphatic carbocycles. The van der Waals surface area contributed by atoms with Gasteiger partial charge in [0.05, 0.1) is 0 Å². The van der Waals surface area contributed by atoms with Gasteiger partial charge < -0.3 is 0 Å². The standard InChI is InChI=1S/C19H19NSi/c1-21(18-10-4-2-5-11-18,19-12-6-3-7-13-19)16-17-9-8-14-20-15-17/h2-15H,16H2,1H3. The van der Waals surface area contributed by atoms with Crippen LogP contribution < -0.4 is 10.4 Å². The zero-order chi connectivity index (χ0) is 14.5. The van der Waals surface area contributed by atoms with Crippen LogP contribution >= 0.6 is 0 Å². The van der Waals surface area contributed by atoms with Crippen molar-refractivity contribution in [3.8, 4) is 0 Å². The quantitative estimate of drug-likeness (QED) is 0.673. The van der Waals surface area contributed by atoms with Crippen molar-refractivity contribution in [2.24, 2.45) is 0 Å². The van der Waals surface area contributed by atoms with Crippen LogP contribution in [-0.2, 0) is 6.04 Å². The zero-order valence-electron chi connectivity index (χ0n) is 12.2. The van der Waals surface area contributed by atoms with Crippen LogP contribution in [0.15, 0.2) is 85.2 Å². The molecule has 104 valence electrons. The summed E-state index contributed by atoms with van der Waals surface area (Å²) in [5.41, 5.74) is 1.32. The summed E-state index contributed by atoms with van der Waals surface area (Å²) in [7, 11) is -1.78. The molecule has 1 nitrogen and oxygen atoms in total. The van der Waals surface area contributed by atoms with E-state index in [0.717, 1.165) is 6.04 Å². The first-order chi connectivity index (χ1) is 10.3. The molecular formula is C19H19NSi. The summed E-state index contributed by atoms with van der Waals surface area (Å²) in [6, 6.07) is 27.1. The van der Waals surface area contributed by atoms with Gasteiger partial charge in [-0.2, -0.15) is 0 Å². The molecule has 0 atom stereocenters. The lowest BCUT2D eigenvalue weighted by molar-refractivity contribution is 1.22. The second-order valence-corrected chi connectivity index (χ2v) is 9.77. The van der Waals surface area contributed by atoms with Gasteiger partial charge in [0.25, 0.3) is 0 Å². The smallest absolute Gasteiger partial charge is 0.119 e. The summed E-state index contributed by atoms with van der Waals surface area (Å²) in [5.74, 6) is 0. The molecule has 2 aromatic carbocycles. The van der Waals surface area contributed by atoms with Gasteiger partial charge in [-0.05, 0) is 17.7 Å². The molecule has 0 aliphatic heterocycles. The highest BCUT2D eigenvalue weighted by Gasteiger charge is 2.31. The first kappa shape index (κ1) is 13.8. The summed E-state index contributed by atoms with van der Waals surface area (Å²) in [6.45, 7) is 2.45. The lowest BCUT2D eigenvalue weighted by Crippen LogP contribution is -2.57. The van der Waals surface area contributed by atoms with Gasteiger partial charge in [-0.1, -0.05) is 83.7 Å². The van der Waals surface area contributed by atoms with Crippen LogP contribution in [0.5, 0.6) is 0 Å². The van der Waals surface area contributed by atoms with Crippen molar-refractivity contribution in [3.63, 3.8) is 0 Å². The van der Waals surface area contributed by atoms with Crippen LogP contribution in [0.2, 0.25) is 6.55 Å². The van der Waals surface area contributed by atoms with E-state index in [-0.39, 0.29) is 0 Å². The zero-order valence-corrected chi connectivity index (χ0v) is 13.2. The van der Waals surface area contributed by atoms with Crippen LogP contribution in [0.4, 0.5) is 0 Å². The Bertz CT molecular complexity index is 641. The third-order valence-corrected chi connectivity index (χ3v) is 8.43. The predicted octanol–water partition coefficient (Wildman–Crippen LogP) is 3.06. The van der Waals surface area contributed by atoms with Crippen molar-refractivity contribution in [2.75, 3.05) is 0 Å². The van der Waals surface area contributed by atoms with Gasteiger partial charge in [0.2, 0.25) is 0 Å². The number of nitrogens with zero attached hydrogens (tertiary/aromatic N) is 1. The van der Waals surface area contributed by atoms with Crippen LogP contribution in [0.1, 0.15) is 5.56 Å². The molecule has 0 unspecified atom stereocenters. The van der Waals surface area contributed by atoms with Crippen molar-refractivity contribution >= 4 is 18.4 Å². The number of rotatable bonds is 4. The molecule has 3 rings (SSSR count). The fourth-order valence-corrected chi connectivity index (χ4v) is 6.52. The molecule has 2 heteroatoms. The molecule has 0 fully saturated rings. The third-order valence-electron chi connectivity index (χ3n) is 4.10. The van der Waals surface area contributed by atoms with E-state index in [4.69, 9.17) is 0 Å². The van der Waals surface area contributed by atoms with Gasteiger partial charge in [0.1, 0.15) is 8.07 Å². The first-order valence-electron chi connectivity index (χ1n) is 7.29. The Morgan fingerprint density at radius 3 is 1.81 bits per heavy atom. The average Bonchev–Trinajstić information content (AvgIpc) is 2.57. The van der Waals surface area contributed by atoms with E-state index >= 15 is 0 Å². The largest absolute Gasteiger partial charge is 0.264 e. The maximum atomic E-state index is 4.28. The SMILES string of the molecule is C[Si](Cc1cccnc1)(c1ccccc1)c1ccccc1. The maximum Gasteiger partial charge on any atom is 0.119 e. The third kappa shape index (κ3) is 2.95. The first-order valence-corrected chi connectivity index (χ1v) is 10.00. The molecule has 1 heterocycles. The molecule has 0 saturated heterocycles. The summed E-state index contributed by atoms with van der Waals surface area (Å²) >= 11 is 0. The lowest BCUT2D eigenvalue weighted by atomic mass is 10.3. The van der Waals surface area contributed by atoms with E-state index in [1.165, 1.54) is 15.9 Å². The van der Waals surface area contributed by atoms with E-state index in [1.54, 1.807) is 0 Å². The number of hydrogen-bond donors (Lipinski definition) is 0. The van der Waals surface area contributed by atoms with E-state index in [9.17, 15) is 0 Å². The van der Waals surface area contributed by atoms with Crippen LogP contribution in [-0.4, -0.2) is 13.1 Å². The molecule has 21 heavy (non-hydrogen) atoms. The number of hydrogen-bond acceptors (Lipinski definition) is 1. The van der Waals surface area contributed by atoms with Crippen LogP contribution in [0.25, 0.3) is 0 Å². The Labute approximate surface area is 127 Å². The van der Waals surface area contributed by atoms with E-state index in [1.807, 2.05) is 18.5 Å². The molecule has 0 aliphatic rings. The van der Waals surface area contributed by atoms with Gasteiger partial charge in [-0.15, -0.1) is 0 Å². The van der Waals surface area contributed by atoms with Crippen molar-refractivity contribution in [2.45, 2.75) is 12.6 Å². The van der Waals surface area contributed by atoms with Gasteiger partial charge in [-0.25, -0.2) is 0 Å². The Morgan fingerprint density at radius 1 is 0.762 bits per heavy atom. The number of pyridine rings is 1.